The predicted octanol–water partition coefficient (Wildman–Crippen LogP) is 1.62. The molecule has 0 aliphatic heterocycles. The maximum Gasteiger partial charge on any atom is 0.258 e. The summed E-state index contributed by atoms with van der Waals surface area (Å²) in [6.07, 6.45) is 0.0138. The van der Waals surface area contributed by atoms with E-state index >= 15 is 0 Å². The zero-order valence-electron chi connectivity index (χ0n) is 5.16. The fourth-order valence-corrected chi connectivity index (χ4v) is 0.809. The van der Waals surface area contributed by atoms with Crippen molar-refractivity contribution in [2.24, 2.45) is 5.92 Å². The highest BCUT2D eigenvalue weighted by atomic mass is 19.3. The van der Waals surface area contributed by atoms with Gasteiger partial charge in [0.25, 0.3) is 5.92 Å². The Morgan fingerprint density at radius 3 is 2.33 bits per heavy atom. The number of carbonyl (C=O) groups is 1. The van der Waals surface area contributed by atoms with Gasteiger partial charge in [0.1, 0.15) is 5.78 Å². The molecular formula is C6H8F2O. The highest BCUT2D eigenvalue weighted by molar-refractivity contribution is 5.84. The van der Waals surface area contributed by atoms with Crippen LogP contribution in [0.5, 0.6) is 0 Å². The molecule has 1 aliphatic rings. The minimum atomic E-state index is -2.66. The van der Waals surface area contributed by atoms with Crippen LogP contribution in [0.1, 0.15) is 19.8 Å². The van der Waals surface area contributed by atoms with Crippen molar-refractivity contribution >= 4 is 5.78 Å². The maximum atomic E-state index is 12.0. The first-order chi connectivity index (χ1) is 4.08. The molecule has 0 aromatic carbocycles. The van der Waals surface area contributed by atoms with Gasteiger partial charge in [-0.2, -0.15) is 0 Å². The minimum Gasteiger partial charge on any atom is -0.299 e. The Morgan fingerprint density at radius 1 is 1.78 bits per heavy atom. The second-order valence-corrected chi connectivity index (χ2v) is 2.34. The van der Waals surface area contributed by atoms with Crippen molar-refractivity contribution in [1.29, 1.82) is 0 Å². The van der Waals surface area contributed by atoms with E-state index in [2.05, 4.69) is 0 Å². The monoisotopic (exact) mass is 134 g/mol. The lowest BCUT2D eigenvalue weighted by Gasteiger charge is -1.91. The molecule has 0 bridgehead atoms. The molecule has 0 saturated heterocycles. The van der Waals surface area contributed by atoms with Gasteiger partial charge in [-0.1, -0.05) is 6.92 Å². The van der Waals surface area contributed by atoms with Gasteiger partial charge in [-0.3, -0.25) is 4.79 Å². The van der Waals surface area contributed by atoms with Gasteiger partial charge >= 0.3 is 0 Å². The highest BCUT2D eigenvalue weighted by Crippen LogP contribution is 2.49. The summed E-state index contributed by atoms with van der Waals surface area (Å²) in [4.78, 5) is 10.5. The summed E-state index contributed by atoms with van der Waals surface area (Å²) >= 11 is 0. The summed E-state index contributed by atoms with van der Waals surface area (Å²) in [6, 6.07) is 0. The van der Waals surface area contributed by atoms with Gasteiger partial charge in [-0.15, -0.1) is 0 Å². The fraction of sp³-hybridized carbons (Fsp3) is 0.833. The normalized spacial score (nSPS) is 29.9. The van der Waals surface area contributed by atoms with Crippen molar-refractivity contribution < 1.29 is 13.6 Å². The van der Waals surface area contributed by atoms with Gasteiger partial charge in [0, 0.05) is 12.8 Å². The van der Waals surface area contributed by atoms with E-state index in [1.807, 2.05) is 0 Å². The lowest BCUT2D eigenvalue weighted by molar-refractivity contribution is -0.122. The summed E-state index contributed by atoms with van der Waals surface area (Å²) in [5.74, 6) is -3.91. The van der Waals surface area contributed by atoms with Crippen LogP contribution in [-0.4, -0.2) is 11.7 Å². The summed E-state index contributed by atoms with van der Waals surface area (Å²) in [6.45, 7) is 1.61. The number of hydrogen-bond donors (Lipinski definition) is 0. The topological polar surface area (TPSA) is 17.1 Å². The molecule has 1 fully saturated rings. The first kappa shape index (κ1) is 6.65. The first-order valence-electron chi connectivity index (χ1n) is 2.98. The van der Waals surface area contributed by atoms with Crippen molar-refractivity contribution in [2.75, 3.05) is 0 Å². The average Bonchev–Trinajstić information content (AvgIpc) is 2.38. The number of Topliss-reactive ketones (excluding diaryl/α,β-unsaturated/α-hetero) is 1. The fourth-order valence-electron chi connectivity index (χ4n) is 0.809. The van der Waals surface area contributed by atoms with Crippen LogP contribution in [-0.2, 0) is 4.79 Å². The molecule has 1 rings (SSSR count). The van der Waals surface area contributed by atoms with Crippen molar-refractivity contribution in [2.45, 2.75) is 25.7 Å². The first-order valence-corrected chi connectivity index (χ1v) is 2.98. The molecule has 0 unspecified atom stereocenters. The molecule has 1 atom stereocenters. The van der Waals surface area contributed by atoms with Crippen LogP contribution in [0, 0.1) is 5.92 Å². The number of ketones is 1. The molecule has 0 aromatic heterocycles. The Kier molecular flexibility index (Phi) is 1.30. The van der Waals surface area contributed by atoms with E-state index in [4.69, 9.17) is 0 Å². The van der Waals surface area contributed by atoms with Crippen LogP contribution in [0.4, 0.5) is 8.78 Å². The van der Waals surface area contributed by atoms with Gasteiger partial charge in [0.05, 0.1) is 5.92 Å². The minimum absolute atomic E-state index is 0.223. The van der Waals surface area contributed by atoms with Gasteiger partial charge in [-0.05, 0) is 0 Å². The Labute approximate surface area is 52.1 Å². The molecule has 3 heteroatoms. The van der Waals surface area contributed by atoms with E-state index < -0.39 is 11.8 Å². The van der Waals surface area contributed by atoms with E-state index in [9.17, 15) is 13.6 Å². The van der Waals surface area contributed by atoms with E-state index in [0.717, 1.165) is 0 Å². The maximum absolute atomic E-state index is 12.0. The van der Waals surface area contributed by atoms with E-state index in [1.54, 1.807) is 6.92 Å². The van der Waals surface area contributed by atoms with E-state index in [0.29, 0.717) is 0 Å². The molecule has 0 amide bonds. The molecule has 1 aliphatic carbocycles. The molecule has 0 aromatic rings. The second kappa shape index (κ2) is 1.75. The summed E-state index contributed by atoms with van der Waals surface area (Å²) < 4.78 is 24.0. The average molecular weight is 134 g/mol. The number of alkyl halides is 2. The lowest BCUT2D eigenvalue weighted by Crippen LogP contribution is -2.05. The summed E-state index contributed by atoms with van der Waals surface area (Å²) in [5, 5.41) is 0. The molecule has 1 saturated carbocycles. The van der Waals surface area contributed by atoms with Crippen LogP contribution < -0.4 is 0 Å². The van der Waals surface area contributed by atoms with Crippen molar-refractivity contribution in [3.63, 3.8) is 0 Å². The molecule has 52 valence electrons. The zero-order valence-corrected chi connectivity index (χ0v) is 5.16. The second-order valence-electron chi connectivity index (χ2n) is 2.34. The third-order valence-corrected chi connectivity index (χ3v) is 1.56. The quantitative estimate of drug-likeness (QED) is 0.560. The van der Waals surface area contributed by atoms with Crippen LogP contribution in [0.15, 0.2) is 0 Å². The molecule has 0 spiro atoms. The molecule has 0 heterocycles. The summed E-state index contributed by atoms with van der Waals surface area (Å²) in [7, 11) is 0. The van der Waals surface area contributed by atoms with E-state index in [1.165, 1.54) is 0 Å². The number of rotatable bonds is 2. The summed E-state index contributed by atoms with van der Waals surface area (Å²) in [5.41, 5.74) is 0. The highest BCUT2D eigenvalue weighted by Gasteiger charge is 2.60. The van der Waals surface area contributed by atoms with Crippen molar-refractivity contribution in [3.05, 3.63) is 0 Å². The third kappa shape index (κ3) is 1.09. The smallest absolute Gasteiger partial charge is 0.258 e. The third-order valence-electron chi connectivity index (χ3n) is 1.56. The van der Waals surface area contributed by atoms with Gasteiger partial charge in [0.2, 0.25) is 0 Å². The lowest BCUT2D eigenvalue weighted by atomic mass is 10.2. The molecule has 0 radical (unpaired) electrons. The molecule has 0 N–H and O–H groups in total. The van der Waals surface area contributed by atoms with Crippen LogP contribution in [0.2, 0.25) is 0 Å². The Bertz CT molecular complexity index is 142. The molecule has 9 heavy (non-hydrogen) atoms. The van der Waals surface area contributed by atoms with Gasteiger partial charge in [-0.25, -0.2) is 8.78 Å². The number of halogens is 2. The van der Waals surface area contributed by atoms with Crippen LogP contribution >= 0.6 is 0 Å². The van der Waals surface area contributed by atoms with Gasteiger partial charge in [0.15, 0.2) is 0 Å². The largest absolute Gasteiger partial charge is 0.299 e. The predicted molar refractivity (Wildman–Crippen MR) is 28.4 cm³/mol. The standard InChI is InChI=1S/C6H8F2O/c1-2-5(9)4-3-6(4,7)8/h4H,2-3H2,1H3/t4-/m1/s1. The SMILES string of the molecule is CCC(=O)[C@H]1CC1(F)F. The molecule has 1 nitrogen and oxygen atoms in total. The Balaban J connectivity index is 2.42. The Morgan fingerprint density at radius 2 is 2.22 bits per heavy atom. The van der Waals surface area contributed by atoms with Crippen LogP contribution in [0.3, 0.4) is 0 Å². The van der Waals surface area contributed by atoms with Crippen molar-refractivity contribution in [3.8, 4) is 0 Å². The Hall–Kier alpha value is -0.470. The van der Waals surface area contributed by atoms with Crippen LogP contribution in [0.25, 0.3) is 0 Å². The number of hydrogen-bond acceptors (Lipinski definition) is 1. The van der Waals surface area contributed by atoms with Gasteiger partial charge < -0.3 is 0 Å². The zero-order chi connectivity index (χ0) is 7.07. The van der Waals surface area contributed by atoms with E-state index in [-0.39, 0.29) is 18.6 Å². The number of carbonyl (C=O) groups excluding carboxylic acids is 1. The molecular weight excluding hydrogens is 126 g/mol. The van der Waals surface area contributed by atoms with Crippen molar-refractivity contribution in [1.82, 2.24) is 0 Å².